The number of amides is 3. The van der Waals surface area contributed by atoms with Crippen molar-refractivity contribution in [1.29, 1.82) is 0 Å². The van der Waals surface area contributed by atoms with Crippen LogP contribution in [0.5, 0.6) is 0 Å². The van der Waals surface area contributed by atoms with Crippen LogP contribution in [-0.2, 0) is 4.79 Å². The van der Waals surface area contributed by atoms with E-state index in [9.17, 15) is 14.4 Å². The molecule has 6 heteroatoms. The highest BCUT2D eigenvalue weighted by atomic mass is 16.2. The first kappa shape index (κ1) is 20.5. The zero-order valence-corrected chi connectivity index (χ0v) is 17.5. The van der Waals surface area contributed by atoms with E-state index >= 15 is 0 Å². The van der Waals surface area contributed by atoms with E-state index in [4.69, 9.17) is 0 Å². The molecule has 0 spiro atoms. The predicted molar refractivity (Wildman–Crippen MR) is 116 cm³/mol. The molecular formula is C24H29N3O3. The number of hydrogen-bond donors (Lipinski definition) is 1. The number of nitrogens with zero attached hydrogens (tertiary/aromatic N) is 2. The van der Waals surface area contributed by atoms with Gasteiger partial charge >= 0.3 is 0 Å². The number of hydrogen-bond acceptors (Lipinski definition) is 4. The molecule has 2 aliphatic heterocycles. The van der Waals surface area contributed by atoms with Crippen molar-refractivity contribution in [2.24, 2.45) is 5.92 Å². The second-order valence-corrected chi connectivity index (χ2v) is 8.49. The van der Waals surface area contributed by atoms with Crippen molar-refractivity contribution in [1.82, 2.24) is 15.1 Å². The molecule has 0 saturated carbocycles. The second-order valence-electron chi connectivity index (χ2n) is 8.49. The third-order valence-electron chi connectivity index (χ3n) is 6.06. The van der Waals surface area contributed by atoms with Crippen LogP contribution in [0, 0.1) is 5.92 Å². The summed E-state index contributed by atoms with van der Waals surface area (Å²) >= 11 is 0. The monoisotopic (exact) mass is 407 g/mol. The maximum absolute atomic E-state index is 12.9. The number of rotatable bonds is 8. The molecule has 3 amide bonds. The van der Waals surface area contributed by atoms with Gasteiger partial charge in [0.2, 0.25) is 5.91 Å². The quantitative estimate of drug-likeness (QED) is 0.683. The van der Waals surface area contributed by atoms with E-state index in [0.29, 0.717) is 36.4 Å². The molecule has 1 atom stereocenters. The Morgan fingerprint density at radius 1 is 1.03 bits per heavy atom. The molecule has 4 rings (SSSR count). The molecule has 1 N–H and O–H groups in total. The van der Waals surface area contributed by atoms with Crippen LogP contribution in [0.1, 0.15) is 53.3 Å². The number of carbonyl (C=O) groups is 3. The predicted octanol–water partition coefficient (Wildman–Crippen LogP) is 3.06. The third-order valence-corrected chi connectivity index (χ3v) is 6.06. The fourth-order valence-electron chi connectivity index (χ4n) is 4.53. The second kappa shape index (κ2) is 8.96. The van der Waals surface area contributed by atoms with Crippen molar-refractivity contribution in [3.8, 4) is 0 Å². The van der Waals surface area contributed by atoms with Gasteiger partial charge in [0.15, 0.2) is 0 Å². The molecule has 158 valence electrons. The van der Waals surface area contributed by atoms with Crippen molar-refractivity contribution in [2.75, 3.05) is 32.7 Å². The minimum Gasteiger partial charge on any atom is -0.356 e. The molecule has 1 saturated heterocycles. The molecule has 2 heterocycles. The molecule has 1 unspecified atom stereocenters. The lowest BCUT2D eigenvalue weighted by molar-refractivity contribution is -0.121. The van der Waals surface area contributed by atoms with Gasteiger partial charge in [-0.15, -0.1) is 0 Å². The lowest BCUT2D eigenvalue weighted by atomic mass is 9.94. The Morgan fingerprint density at radius 3 is 2.30 bits per heavy atom. The van der Waals surface area contributed by atoms with Crippen molar-refractivity contribution >= 4 is 28.5 Å². The first-order chi connectivity index (χ1) is 14.5. The molecule has 0 aliphatic carbocycles. The summed E-state index contributed by atoms with van der Waals surface area (Å²) in [5.74, 6) is -0.162. The van der Waals surface area contributed by atoms with Gasteiger partial charge in [-0.1, -0.05) is 31.2 Å². The summed E-state index contributed by atoms with van der Waals surface area (Å²) in [6.45, 7) is 6.40. The van der Waals surface area contributed by atoms with Gasteiger partial charge in [0, 0.05) is 42.6 Å². The smallest absolute Gasteiger partial charge is 0.261 e. The molecule has 2 aliphatic rings. The average molecular weight is 408 g/mol. The Balaban J connectivity index is 1.28. The summed E-state index contributed by atoms with van der Waals surface area (Å²) in [5.41, 5.74) is 1.12. The van der Waals surface area contributed by atoms with Crippen molar-refractivity contribution < 1.29 is 14.4 Å². The SMILES string of the molecule is CC(CNC(=O)CCCN1C(=O)c2cccc3cccc(c23)C1=O)CN1CCCC1. The van der Waals surface area contributed by atoms with Gasteiger partial charge in [0.1, 0.15) is 0 Å². The van der Waals surface area contributed by atoms with Crippen LogP contribution in [0.3, 0.4) is 0 Å². The van der Waals surface area contributed by atoms with E-state index in [1.807, 2.05) is 24.3 Å². The van der Waals surface area contributed by atoms with E-state index in [1.165, 1.54) is 17.7 Å². The summed E-state index contributed by atoms with van der Waals surface area (Å²) in [5, 5.41) is 4.62. The van der Waals surface area contributed by atoms with Crippen LogP contribution >= 0.6 is 0 Å². The fourth-order valence-corrected chi connectivity index (χ4v) is 4.53. The highest BCUT2D eigenvalue weighted by molar-refractivity contribution is 6.25. The number of carbonyl (C=O) groups excluding carboxylic acids is 3. The Bertz CT molecular complexity index is 915. The van der Waals surface area contributed by atoms with Gasteiger partial charge in [-0.05, 0) is 55.8 Å². The van der Waals surface area contributed by atoms with Gasteiger partial charge < -0.3 is 10.2 Å². The molecule has 0 bridgehead atoms. The number of imide groups is 1. The Hall–Kier alpha value is -2.73. The van der Waals surface area contributed by atoms with Crippen LogP contribution in [0.2, 0.25) is 0 Å². The standard InChI is InChI=1S/C24H29N3O3/c1-17(16-26-12-2-3-13-26)15-25-21(28)11-6-14-27-23(29)19-9-4-7-18-8-5-10-20(22(18)19)24(27)30/h4-5,7-10,17H,2-3,6,11-16H2,1H3,(H,25,28). The molecule has 6 nitrogen and oxygen atoms in total. The minimum atomic E-state index is -0.274. The van der Waals surface area contributed by atoms with Crippen LogP contribution in [0.15, 0.2) is 36.4 Å². The van der Waals surface area contributed by atoms with Crippen LogP contribution in [0.25, 0.3) is 10.8 Å². The van der Waals surface area contributed by atoms with E-state index in [2.05, 4.69) is 17.1 Å². The number of likely N-dealkylation sites (tertiary alicyclic amines) is 1. The first-order valence-electron chi connectivity index (χ1n) is 10.9. The highest BCUT2D eigenvalue weighted by Crippen LogP contribution is 2.30. The van der Waals surface area contributed by atoms with E-state index in [0.717, 1.165) is 30.4 Å². The summed E-state index contributed by atoms with van der Waals surface area (Å²) in [4.78, 5) is 41.7. The van der Waals surface area contributed by atoms with E-state index < -0.39 is 0 Å². The Labute approximate surface area is 177 Å². The van der Waals surface area contributed by atoms with Crippen LogP contribution in [0.4, 0.5) is 0 Å². The first-order valence-corrected chi connectivity index (χ1v) is 10.9. The third kappa shape index (κ3) is 4.24. The Kier molecular flexibility index (Phi) is 6.13. The van der Waals surface area contributed by atoms with Crippen molar-refractivity contribution in [3.63, 3.8) is 0 Å². The maximum Gasteiger partial charge on any atom is 0.261 e. The molecular weight excluding hydrogens is 378 g/mol. The average Bonchev–Trinajstić information content (AvgIpc) is 3.25. The van der Waals surface area contributed by atoms with Gasteiger partial charge in [-0.2, -0.15) is 0 Å². The number of nitrogens with one attached hydrogen (secondary N) is 1. The summed E-state index contributed by atoms with van der Waals surface area (Å²) in [6.07, 6.45) is 3.30. The van der Waals surface area contributed by atoms with Crippen LogP contribution < -0.4 is 5.32 Å². The van der Waals surface area contributed by atoms with Gasteiger partial charge in [-0.3, -0.25) is 19.3 Å². The summed E-state index contributed by atoms with van der Waals surface area (Å²) in [7, 11) is 0. The highest BCUT2D eigenvalue weighted by Gasteiger charge is 2.32. The summed E-state index contributed by atoms with van der Waals surface area (Å²) in [6, 6.07) is 11.0. The fraction of sp³-hybridized carbons (Fsp3) is 0.458. The lowest BCUT2D eigenvalue weighted by Gasteiger charge is -2.27. The molecule has 1 fully saturated rings. The molecule has 0 aromatic heterocycles. The van der Waals surface area contributed by atoms with Gasteiger partial charge in [0.25, 0.3) is 11.8 Å². The van der Waals surface area contributed by atoms with Gasteiger partial charge in [0.05, 0.1) is 0 Å². The summed E-state index contributed by atoms with van der Waals surface area (Å²) < 4.78 is 0. The van der Waals surface area contributed by atoms with E-state index in [-0.39, 0.29) is 24.3 Å². The zero-order chi connectivity index (χ0) is 21.1. The molecule has 2 aromatic carbocycles. The maximum atomic E-state index is 12.9. The normalized spacial score (nSPS) is 17.6. The van der Waals surface area contributed by atoms with Gasteiger partial charge in [-0.25, -0.2) is 0 Å². The molecule has 2 aromatic rings. The Morgan fingerprint density at radius 2 is 1.67 bits per heavy atom. The lowest BCUT2D eigenvalue weighted by Crippen LogP contribution is -2.41. The van der Waals surface area contributed by atoms with Crippen molar-refractivity contribution in [2.45, 2.75) is 32.6 Å². The topological polar surface area (TPSA) is 69.7 Å². The largest absolute Gasteiger partial charge is 0.356 e. The molecule has 30 heavy (non-hydrogen) atoms. The number of benzene rings is 2. The molecule has 0 radical (unpaired) electrons. The van der Waals surface area contributed by atoms with Crippen molar-refractivity contribution in [3.05, 3.63) is 47.5 Å². The van der Waals surface area contributed by atoms with Crippen LogP contribution in [-0.4, -0.2) is 60.2 Å². The zero-order valence-electron chi connectivity index (χ0n) is 17.5. The minimum absolute atomic E-state index is 0.0253. The van der Waals surface area contributed by atoms with E-state index in [1.54, 1.807) is 12.1 Å².